The monoisotopic (exact) mass is 308 g/mol. The fourth-order valence-electron chi connectivity index (χ4n) is 1.79. The highest BCUT2D eigenvalue weighted by Gasteiger charge is 2.17. The zero-order chi connectivity index (χ0) is 15.5. The molecule has 0 aliphatic carbocycles. The van der Waals surface area contributed by atoms with Gasteiger partial charge in [-0.2, -0.15) is 5.10 Å². The van der Waals surface area contributed by atoms with Crippen LogP contribution in [0.5, 0.6) is 0 Å². The van der Waals surface area contributed by atoms with Crippen LogP contribution < -0.4 is 10.0 Å². The van der Waals surface area contributed by atoms with Crippen molar-refractivity contribution in [2.45, 2.75) is 18.2 Å². The van der Waals surface area contributed by atoms with Crippen molar-refractivity contribution < 1.29 is 13.2 Å². The third kappa shape index (κ3) is 3.22. The van der Waals surface area contributed by atoms with Gasteiger partial charge >= 0.3 is 0 Å². The van der Waals surface area contributed by atoms with E-state index in [2.05, 4.69) is 20.2 Å². The van der Waals surface area contributed by atoms with Gasteiger partial charge in [0.1, 0.15) is 5.82 Å². The molecule has 0 radical (unpaired) electrons. The predicted octanol–water partition coefficient (Wildman–Crippen LogP) is 1.13. The Morgan fingerprint density at radius 1 is 1.29 bits per heavy atom. The Balaban J connectivity index is 2.25. The maximum absolute atomic E-state index is 12.3. The number of hydrogen-bond donors (Lipinski definition) is 3. The number of sulfonamides is 1. The third-order valence-electron chi connectivity index (χ3n) is 2.99. The summed E-state index contributed by atoms with van der Waals surface area (Å²) in [7, 11) is -2.21. The molecule has 0 aliphatic heterocycles. The van der Waals surface area contributed by atoms with Gasteiger partial charge in [-0.15, -0.1) is 0 Å². The van der Waals surface area contributed by atoms with Crippen molar-refractivity contribution in [3.63, 3.8) is 0 Å². The highest BCUT2D eigenvalue weighted by Crippen LogP contribution is 2.18. The number of rotatable bonds is 5. The van der Waals surface area contributed by atoms with Gasteiger partial charge in [0, 0.05) is 18.2 Å². The molecule has 0 saturated heterocycles. The zero-order valence-corrected chi connectivity index (χ0v) is 12.5. The SMILES string of the molecule is CCc1cn[nH]c1NS(=O)(=O)c1ccc(C(=O)NC)cc1. The number of aromatic nitrogens is 2. The molecule has 3 N–H and O–H groups in total. The van der Waals surface area contributed by atoms with Crippen LogP contribution in [0.2, 0.25) is 0 Å². The summed E-state index contributed by atoms with van der Waals surface area (Å²) in [6, 6.07) is 5.69. The van der Waals surface area contributed by atoms with Gasteiger partial charge in [-0.1, -0.05) is 6.92 Å². The summed E-state index contributed by atoms with van der Waals surface area (Å²) in [5.41, 5.74) is 1.17. The van der Waals surface area contributed by atoms with Crippen LogP contribution in [-0.2, 0) is 16.4 Å². The Morgan fingerprint density at radius 3 is 2.52 bits per heavy atom. The molecular formula is C13H16N4O3S. The number of benzene rings is 1. The average molecular weight is 308 g/mol. The maximum atomic E-state index is 12.3. The van der Waals surface area contributed by atoms with E-state index in [4.69, 9.17) is 0 Å². The molecule has 21 heavy (non-hydrogen) atoms. The number of nitrogens with one attached hydrogen (secondary N) is 3. The Kier molecular flexibility index (Phi) is 4.27. The second-order valence-corrected chi connectivity index (χ2v) is 6.02. The molecule has 1 aromatic carbocycles. The molecule has 1 heterocycles. The first-order valence-corrected chi connectivity index (χ1v) is 7.83. The van der Waals surface area contributed by atoms with Crippen molar-refractivity contribution in [2.24, 2.45) is 0 Å². The number of carbonyl (C=O) groups is 1. The van der Waals surface area contributed by atoms with Crippen molar-refractivity contribution in [3.05, 3.63) is 41.6 Å². The molecule has 1 aromatic heterocycles. The molecule has 2 aromatic rings. The van der Waals surface area contributed by atoms with Gasteiger partial charge in [0.2, 0.25) is 0 Å². The minimum absolute atomic E-state index is 0.0757. The molecule has 8 heteroatoms. The summed E-state index contributed by atoms with van der Waals surface area (Å²) < 4.78 is 27.0. The van der Waals surface area contributed by atoms with Gasteiger partial charge in [-0.05, 0) is 30.7 Å². The lowest BCUT2D eigenvalue weighted by molar-refractivity contribution is 0.0963. The maximum Gasteiger partial charge on any atom is 0.263 e. The van der Waals surface area contributed by atoms with Gasteiger partial charge in [-0.25, -0.2) is 8.42 Å². The van der Waals surface area contributed by atoms with Crippen LogP contribution in [0.25, 0.3) is 0 Å². The number of hydrogen-bond acceptors (Lipinski definition) is 4. The highest BCUT2D eigenvalue weighted by molar-refractivity contribution is 7.92. The number of H-pyrrole nitrogens is 1. The molecular weight excluding hydrogens is 292 g/mol. The van der Waals surface area contributed by atoms with Gasteiger partial charge in [0.25, 0.3) is 15.9 Å². The molecule has 7 nitrogen and oxygen atoms in total. The highest BCUT2D eigenvalue weighted by atomic mass is 32.2. The molecule has 0 aliphatic rings. The smallest absolute Gasteiger partial charge is 0.263 e. The van der Waals surface area contributed by atoms with Gasteiger partial charge in [0.05, 0.1) is 11.1 Å². The van der Waals surface area contributed by atoms with Crippen molar-refractivity contribution in [2.75, 3.05) is 11.8 Å². The van der Waals surface area contributed by atoms with Crippen LogP contribution in [-0.4, -0.2) is 31.6 Å². The van der Waals surface area contributed by atoms with Gasteiger partial charge in [-0.3, -0.25) is 14.6 Å². The van der Waals surface area contributed by atoms with E-state index in [-0.39, 0.29) is 10.8 Å². The van der Waals surface area contributed by atoms with E-state index in [9.17, 15) is 13.2 Å². The van der Waals surface area contributed by atoms with E-state index in [1.54, 1.807) is 6.20 Å². The lowest BCUT2D eigenvalue weighted by Gasteiger charge is -2.08. The summed E-state index contributed by atoms with van der Waals surface area (Å²) in [6.07, 6.45) is 2.23. The molecule has 0 spiro atoms. The number of aromatic amines is 1. The molecule has 0 bridgehead atoms. The number of amides is 1. The van der Waals surface area contributed by atoms with E-state index in [0.29, 0.717) is 17.8 Å². The van der Waals surface area contributed by atoms with Crippen molar-refractivity contribution in [3.8, 4) is 0 Å². The van der Waals surface area contributed by atoms with Crippen molar-refractivity contribution in [1.82, 2.24) is 15.5 Å². The summed E-state index contributed by atoms with van der Waals surface area (Å²) in [5.74, 6) is 0.0848. The van der Waals surface area contributed by atoms with Crippen molar-refractivity contribution in [1.29, 1.82) is 0 Å². The number of carbonyl (C=O) groups excluding carboxylic acids is 1. The van der Waals surface area contributed by atoms with E-state index in [1.807, 2.05) is 6.92 Å². The number of aryl methyl sites for hydroxylation is 1. The summed E-state index contributed by atoms with van der Waals surface area (Å²) in [6.45, 7) is 1.90. The Bertz CT molecular complexity index is 735. The largest absolute Gasteiger partial charge is 0.355 e. The third-order valence-corrected chi connectivity index (χ3v) is 4.35. The summed E-state index contributed by atoms with van der Waals surface area (Å²) >= 11 is 0. The van der Waals surface area contributed by atoms with E-state index < -0.39 is 10.0 Å². The normalized spacial score (nSPS) is 11.1. The first-order valence-electron chi connectivity index (χ1n) is 6.35. The van der Waals surface area contributed by atoms with Gasteiger partial charge in [0.15, 0.2) is 0 Å². The average Bonchev–Trinajstić information content (AvgIpc) is 2.93. The lowest BCUT2D eigenvalue weighted by atomic mass is 10.2. The van der Waals surface area contributed by atoms with Crippen LogP contribution in [0.1, 0.15) is 22.8 Å². The fraction of sp³-hybridized carbons (Fsp3) is 0.231. The molecule has 2 rings (SSSR count). The van der Waals surface area contributed by atoms with Crippen LogP contribution in [0.15, 0.2) is 35.4 Å². The topological polar surface area (TPSA) is 104 Å². The second kappa shape index (κ2) is 5.96. The zero-order valence-electron chi connectivity index (χ0n) is 11.7. The number of nitrogens with zero attached hydrogens (tertiary/aromatic N) is 1. The Hall–Kier alpha value is -2.35. The molecule has 112 valence electrons. The van der Waals surface area contributed by atoms with Crippen molar-refractivity contribution >= 4 is 21.7 Å². The standard InChI is InChI=1S/C13H16N4O3S/c1-3-9-8-15-16-12(9)17-21(19,20)11-6-4-10(5-7-11)13(18)14-2/h4-8H,3H2,1-2H3,(H,14,18)(H2,15,16,17). The predicted molar refractivity (Wildman–Crippen MR) is 78.6 cm³/mol. The van der Waals surface area contributed by atoms with Crippen LogP contribution >= 0.6 is 0 Å². The lowest BCUT2D eigenvalue weighted by Crippen LogP contribution is -2.18. The fourth-order valence-corrected chi connectivity index (χ4v) is 2.85. The minimum atomic E-state index is -3.72. The Morgan fingerprint density at radius 2 is 1.95 bits per heavy atom. The second-order valence-electron chi connectivity index (χ2n) is 4.33. The van der Waals surface area contributed by atoms with E-state index in [0.717, 1.165) is 5.56 Å². The first kappa shape index (κ1) is 15.0. The molecule has 0 atom stereocenters. The van der Waals surface area contributed by atoms with Gasteiger partial charge < -0.3 is 5.32 Å². The molecule has 0 fully saturated rings. The Labute approximate surface area is 122 Å². The minimum Gasteiger partial charge on any atom is -0.355 e. The molecule has 1 amide bonds. The van der Waals surface area contributed by atoms with Crippen LogP contribution in [0.4, 0.5) is 5.82 Å². The molecule has 0 saturated carbocycles. The quantitative estimate of drug-likeness (QED) is 0.770. The summed E-state index contributed by atoms with van der Waals surface area (Å²) in [5, 5.41) is 8.90. The first-order chi connectivity index (χ1) is 9.97. The number of anilines is 1. The van der Waals surface area contributed by atoms with Crippen LogP contribution in [0.3, 0.4) is 0 Å². The van der Waals surface area contributed by atoms with E-state index in [1.165, 1.54) is 31.3 Å². The van der Waals surface area contributed by atoms with E-state index >= 15 is 0 Å². The summed E-state index contributed by atoms with van der Waals surface area (Å²) in [4.78, 5) is 11.5. The molecule has 0 unspecified atom stereocenters. The van der Waals surface area contributed by atoms with Crippen LogP contribution in [0, 0.1) is 0 Å².